The van der Waals surface area contributed by atoms with Crippen LogP contribution in [0.3, 0.4) is 0 Å². The molecule has 5 nitrogen and oxygen atoms in total. The second kappa shape index (κ2) is 10.1. The maximum absolute atomic E-state index is 13.6. The number of rotatable bonds is 6. The number of allylic oxidation sites excluding steroid dienone is 1. The minimum absolute atomic E-state index is 0.108. The third kappa shape index (κ3) is 5.09. The van der Waals surface area contributed by atoms with Crippen molar-refractivity contribution in [3.8, 4) is 11.3 Å². The zero-order valence-electron chi connectivity index (χ0n) is 17.4. The fourth-order valence-electron chi connectivity index (χ4n) is 4.04. The molecular weight excluding hydrogens is 444 g/mol. The van der Waals surface area contributed by atoms with Gasteiger partial charge in [0.05, 0.1) is 18.0 Å². The van der Waals surface area contributed by atoms with Crippen LogP contribution in [-0.2, 0) is 16.0 Å². The van der Waals surface area contributed by atoms with Gasteiger partial charge in [-0.25, -0.2) is 4.98 Å². The molecule has 2 aromatic carbocycles. The molecule has 164 valence electrons. The van der Waals surface area contributed by atoms with Gasteiger partial charge in [-0.05, 0) is 30.4 Å². The minimum Gasteiger partial charge on any atom is -0.481 e. The van der Waals surface area contributed by atoms with E-state index in [0.29, 0.717) is 35.2 Å². The molecule has 1 amide bonds. The van der Waals surface area contributed by atoms with Gasteiger partial charge >= 0.3 is 5.97 Å². The highest BCUT2D eigenvalue weighted by molar-refractivity contribution is 7.14. The molecule has 0 saturated heterocycles. The molecule has 0 aliphatic carbocycles. The van der Waals surface area contributed by atoms with Crippen LogP contribution in [-0.4, -0.2) is 28.5 Å². The third-order valence-corrected chi connectivity index (χ3v) is 6.85. The van der Waals surface area contributed by atoms with Crippen LogP contribution in [0.5, 0.6) is 0 Å². The molecule has 2 heterocycles. The van der Waals surface area contributed by atoms with E-state index in [1.54, 1.807) is 11.0 Å². The molecule has 0 saturated carbocycles. The number of carboxylic acids is 1. The topological polar surface area (TPSA) is 70.5 Å². The van der Waals surface area contributed by atoms with E-state index in [-0.39, 0.29) is 18.2 Å². The van der Waals surface area contributed by atoms with E-state index < -0.39 is 11.9 Å². The molecule has 1 aliphatic rings. The number of hydrogen-bond donors (Lipinski definition) is 1. The van der Waals surface area contributed by atoms with Crippen molar-refractivity contribution in [2.75, 3.05) is 11.4 Å². The second-order valence-electron chi connectivity index (χ2n) is 7.81. The van der Waals surface area contributed by atoms with E-state index in [1.807, 2.05) is 66.1 Å². The van der Waals surface area contributed by atoms with Crippen LogP contribution in [0.4, 0.5) is 5.13 Å². The Morgan fingerprint density at radius 2 is 1.88 bits per heavy atom. The van der Waals surface area contributed by atoms with E-state index in [4.69, 9.17) is 11.6 Å². The summed E-state index contributed by atoms with van der Waals surface area (Å²) in [5.74, 6) is -1.91. The first-order chi connectivity index (χ1) is 15.5. The fraction of sp³-hybridized carbons (Fsp3) is 0.240. The highest BCUT2D eigenvalue weighted by Gasteiger charge is 2.35. The summed E-state index contributed by atoms with van der Waals surface area (Å²) in [7, 11) is 0. The van der Waals surface area contributed by atoms with Crippen LogP contribution in [0.1, 0.15) is 18.4 Å². The standard InChI is InChI=1S/C25H23ClN2O3S/c26-21-12-5-4-11-19(21)22-16-32-25(27-22)28-13-7-6-10-18(14-17-8-2-1-3-9-17)20(24(28)31)15-23(29)30/h1-9,11-12,16,18,20H,10,13-15H2,(H,29,30). The highest BCUT2D eigenvalue weighted by atomic mass is 35.5. The molecule has 1 N–H and O–H groups in total. The van der Waals surface area contributed by atoms with E-state index in [1.165, 1.54) is 11.3 Å². The van der Waals surface area contributed by atoms with Crippen LogP contribution < -0.4 is 4.90 Å². The lowest BCUT2D eigenvalue weighted by Gasteiger charge is -2.31. The maximum Gasteiger partial charge on any atom is 0.304 e. The number of anilines is 1. The first-order valence-corrected chi connectivity index (χ1v) is 11.7. The Labute approximate surface area is 196 Å². The summed E-state index contributed by atoms with van der Waals surface area (Å²) in [5, 5.41) is 12.6. The highest BCUT2D eigenvalue weighted by Crippen LogP contribution is 2.35. The third-order valence-electron chi connectivity index (χ3n) is 5.65. The summed E-state index contributed by atoms with van der Waals surface area (Å²) in [6.45, 7) is 0.364. The summed E-state index contributed by atoms with van der Waals surface area (Å²) < 4.78 is 0. The lowest BCUT2D eigenvalue weighted by Crippen LogP contribution is -2.42. The maximum atomic E-state index is 13.6. The number of carbonyl (C=O) groups is 2. The fourth-order valence-corrected chi connectivity index (χ4v) is 5.12. The smallest absolute Gasteiger partial charge is 0.304 e. The quantitative estimate of drug-likeness (QED) is 0.472. The first kappa shape index (κ1) is 22.2. The van der Waals surface area contributed by atoms with Crippen LogP contribution >= 0.6 is 22.9 Å². The molecule has 0 spiro atoms. The van der Waals surface area contributed by atoms with Crippen LogP contribution in [0.15, 0.2) is 72.1 Å². The second-order valence-corrected chi connectivity index (χ2v) is 9.05. The Hall–Kier alpha value is -2.96. The molecule has 7 heteroatoms. The minimum atomic E-state index is -0.971. The molecule has 0 radical (unpaired) electrons. The largest absolute Gasteiger partial charge is 0.481 e. The van der Waals surface area contributed by atoms with Gasteiger partial charge in [0, 0.05) is 22.5 Å². The summed E-state index contributed by atoms with van der Waals surface area (Å²) >= 11 is 7.67. The Morgan fingerprint density at radius 1 is 1.12 bits per heavy atom. The number of carboxylic acid groups (broad SMARTS) is 1. The number of nitrogens with zero attached hydrogens (tertiary/aromatic N) is 2. The molecule has 1 aromatic heterocycles. The van der Waals surface area contributed by atoms with Crippen molar-refractivity contribution < 1.29 is 14.7 Å². The Morgan fingerprint density at radius 3 is 2.62 bits per heavy atom. The van der Waals surface area contributed by atoms with Crippen molar-refractivity contribution in [1.82, 2.24) is 4.98 Å². The van der Waals surface area contributed by atoms with Crippen molar-refractivity contribution in [2.45, 2.75) is 19.3 Å². The van der Waals surface area contributed by atoms with Crippen LogP contribution in [0.25, 0.3) is 11.3 Å². The van der Waals surface area contributed by atoms with Gasteiger partial charge in [0.15, 0.2) is 5.13 Å². The van der Waals surface area contributed by atoms with Gasteiger partial charge in [0.2, 0.25) is 5.91 Å². The van der Waals surface area contributed by atoms with Crippen molar-refractivity contribution >= 4 is 39.9 Å². The summed E-state index contributed by atoms with van der Waals surface area (Å²) in [5.41, 5.74) is 2.59. The number of aromatic nitrogens is 1. The van der Waals surface area contributed by atoms with Gasteiger partial charge in [-0.2, -0.15) is 0 Å². The molecule has 0 fully saturated rings. The van der Waals surface area contributed by atoms with Crippen molar-refractivity contribution in [3.05, 3.63) is 82.7 Å². The van der Waals surface area contributed by atoms with Gasteiger partial charge in [0.25, 0.3) is 0 Å². The van der Waals surface area contributed by atoms with Crippen LogP contribution in [0, 0.1) is 11.8 Å². The zero-order chi connectivity index (χ0) is 22.5. The predicted octanol–water partition coefficient (Wildman–Crippen LogP) is 5.71. The van der Waals surface area contributed by atoms with E-state index in [0.717, 1.165) is 11.1 Å². The molecule has 0 bridgehead atoms. The van der Waals surface area contributed by atoms with Crippen molar-refractivity contribution in [3.63, 3.8) is 0 Å². The van der Waals surface area contributed by atoms with Gasteiger partial charge in [-0.1, -0.05) is 72.3 Å². The van der Waals surface area contributed by atoms with Gasteiger partial charge in [-0.15, -0.1) is 11.3 Å². The molecular formula is C25H23ClN2O3S. The lowest BCUT2D eigenvalue weighted by molar-refractivity contribution is -0.141. The molecule has 4 rings (SSSR count). The number of hydrogen-bond acceptors (Lipinski definition) is 4. The molecule has 3 aromatic rings. The SMILES string of the molecule is O=C(O)CC1C(=O)N(c2nc(-c3ccccc3Cl)cs2)CC=CCC1Cc1ccccc1. The Kier molecular flexibility index (Phi) is 7.02. The molecule has 2 atom stereocenters. The number of carbonyl (C=O) groups excluding carboxylic acids is 1. The number of aliphatic carboxylic acids is 1. The Balaban J connectivity index is 1.64. The van der Waals surface area contributed by atoms with Gasteiger partial charge in [-0.3, -0.25) is 14.5 Å². The Bertz CT molecular complexity index is 1130. The van der Waals surface area contributed by atoms with Crippen LogP contribution in [0.2, 0.25) is 5.02 Å². The first-order valence-electron chi connectivity index (χ1n) is 10.5. The summed E-state index contributed by atoms with van der Waals surface area (Å²) in [6.07, 6.45) is 5.11. The molecule has 1 aliphatic heterocycles. The normalized spacial score (nSPS) is 18.9. The average molecular weight is 467 g/mol. The number of halogens is 1. The van der Waals surface area contributed by atoms with Gasteiger partial charge in [0.1, 0.15) is 0 Å². The van der Waals surface area contributed by atoms with Crippen molar-refractivity contribution in [2.24, 2.45) is 11.8 Å². The zero-order valence-corrected chi connectivity index (χ0v) is 18.9. The monoisotopic (exact) mass is 466 g/mol. The lowest BCUT2D eigenvalue weighted by atomic mass is 9.80. The summed E-state index contributed by atoms with van der Waals surface area (Å²) in [6, 6.07) is 17.3. The number of benzene rings is 2. The van der Waals surface area contributed by atoms with E-state index in [2.05, 4.69) is 4.98 Å². The van der Waals surface area contributed by atoms with E-state index >= 15 is 0 Å². The predicted molar refractivity (Wildman–Crippen MR) is 128 cm³/mol. The molecule has 32 heavy (non-hydrogen) atoms. The van der Waals surface area contributed by atoms with Gasteiger partial charge < -0.3 is 5.11 Å². The number of thiazole rings is 1. The van der Waals surface area contributed by atoms with Crippen molar-refractivity contribution in [1.29, 1.82) is 0 Å². The summed E-state index contributed by atoms with van der Waals surface area (Å²) in [4.78, 5) is 31.6. The molecule has 2 unspecified atom stereocenters. The van der Waals surface area contributed by atoms with E-state index in [9.17, 15) is 14.7 Å². The number of amides is 1. The average Bonchev–Trinajstić information content (AvgIpc) is 3.26.